The average molecular weight is 501 g/mol. The highest BCUT2D eigenvalue weighted by atomic mass is 16.4. The van der Waals surface area contributed by atoms with Crippen LogP contribution in [0.2, 0.25) is 0 Å². The van der Waals surface area contributed by atoms with Crippen LogP contribution in [0.1, 0.15) is 51.1 Å². The largest absolute Gasteiger partial charge is 0.465 e. The van der Waals surface area contributed by atoms with Crippen LogP contribution in [0.3, 0.4) is 0 Å². The molecule has 5 rings (SSSR count). The van der Waals surface area contributed by atoms with Gasteiger partial charge in [-0.1, -0.05) is 5.21 Å². The molecule has 1 saturated carbocycles. The lowest BCUT2D eigenvalue weighted by atomic mass is 9.90. The number of carboxylic acid groups (broad SMARTS) is 1. The number of nitriles is 1. The molecule has 0 bridgehead atoms. The summed E-state index contributed by atoms with van der Waals surface area (Å²) in [4.78, 5) is 21.7. The van der Waals surface area contributed by atoms with Crippen LogP contribution in [0, 0.1) is 11.3 Å². The number of hydrogen-bond donors (Lipinski definition) is 2. The summed E-state index contributed by atoms with van der Waals surface area (Å²) in [7, 11) is 1.63. The number of amides is 1. The van der Waals surface area contributed by atoms with E-state index >= 15 is 0 Å². The van der Waals surface area contributed by atoms with Gasteiger partial charge < -0.3 is 15.3 Å². The molecular weight excluding hydrogens is 472 g/mol. The number of rotatable bonds is 6. The second-order valence-corrected chi connectivity index (χ2v) is 9.63. The summed E-state index contributed by atoms with van der Waals surface area (Å²) in [5, 5.41) is 35.9. The molecule has 2 N–H and O–H groups in total. The molecule has 0 spiro atoms. The molecule has 0 radical (unpaired) electrons. The Morgan fingerprint density at radius 3 is 2.68 bits per heavy atom. The van der Waals surface area contributed by atoms with Crippen molar-refractivity contribution in [3.8, 4) is 23.1 Å². The highest BCUT2D eigenvalue weighted by molar-refractivity contribution is 5.79. The van der Waals surface area contributed by atoms with Gasteiger partial charge >= 0.3 is 6.09 Å². The minimum Gasteiger partial charge on any atom is -0.465 e. The van der Waals surface area contributed by atoms with Crippen molar-refractivity contribution in [2.24, 2.45) is 0 Å². The van der Waals surface area contributed by atoms with Crippen molar-refractivity contribution >= 4 is 22.8 Å². The van der Waals surface area contributed by atoms with E-state index in [0.717, 1.165) is 42.3 Å². The fraction of sp³-hybridized carbons (Fsp3) is 0.400. The van der Waals surface area contributed by atoms with Crippen molar-refractivity contribution in [3.63, 3.8) is 0 Å². The molecule has 190 valence electrons. The van der Waals surface area contributed by atoms with E-state index in [2.05, 4.69) is 50.6 Å². The zero-order chi connectivity index (χ0) is 26.1. The maximum absolute atomic E-state index is 11.3. The molecular formula is C25H28N10O2. The number of aromatic nitrogens is 7. The minimum atomic E-state index is -0.890. The Hall–Kier alpha value is -4.53. The van der Waals surface area contributed by atoms with Crippen molar-refractivity contribution in [1.82, 2.24) is 39.6 Å². The summed E-state index contributed by atoms with van der Waals surface area (Å²) in [6, 6.07) is 6.13. The summed E-state index contributed by atoms with van der Waals surface area (Å²) >= 11 is 0. The standard InChI is InChI=1S/C25H28N10O2/c1-15(2)30-21-9-23(35-24-17(12-29-35)8-16(10-26)11-28-24)27-13-20(21)22-14-34(32-31-22)19-6-4-18(5-7-19)33(3)25(36)37/h8-9,11-15,18-19H,4-7H2,1-3H3,(H,27,30)(H,36,37). The molecule has 1 aliphatic rings. The first-order chi connectivity index (χ1) is 17.8. The molecule has 1 fully saturated rings. The van der Waals surface area contributed by atoms with Gasteiger partial charge in [0.05, 0.1) is 24.0 Å². The van der Waals surface area contributed by atoms with Gasteiger partial charge in [0.2, 0.25) is 0 Å². The first kappa shape index (κ1) is 24.2. The number of pyridine rings is 2. The van der Waals surface area contributed by atoms with Gasteiger partial charge in [-0.05, 0) is 45.6 Å². The lowest BCUT2D eigenvalue weighted by molar-refractivity contribution is 0.118. The molecule has 4 aromatic heterocycles. The first-order valence-corrected chi connectivity index (χ1v) is 12.2. The Labute approximate surface area is 213 Å². The van der Waals surface area contributed by atoms with Gasteiger partial charge in [-0.3, -0.25) is 0 Å². The van der Waals surface area contributed by atoms with Crippen molar-refractivity contribution in [1.29, 1.82) is 5.26 Å². The van der Waals surface area contributed by atoms with Gasteiger partial charge in [0.1, 0.15) is 11.8 Å². The van der Waals surface area contributed by atoms with Crippen LogP contribution >= 0.6 is 0 Å². The van der Waals surface area contributed by atoms with E-state index in [1.807, 2.05) is 16.9 Å². The molecule has 4 heterocycles. The predicted octanol–water partition coefficient (Wildman–Crippen LogP) is 3.86. The van der Waals surface area contributed by atoms with Crippen molar-refractivity contribution in [2.75, 3.05) is 12.4 Å². The van der Waals surface area contributed by atoms with E-state index in [9.17, 15) is 9.90 Å². The lowest BCUT2D eigenvalue weighted by Gasteiger charge is -2.32. The molecule has 1 amide bonds. The van der Waals surface area contributed by atoms with Crippen molar-refractivity contribution in [2.45, 2.75) is 57.7 Å². The Morgan fingerprint density at radius 1 is 1.19 bits per heavy atom. The second kappa shape index (κ2) is 9.85. The Kier molecular flexibility index (Phi) is 6.43. The van der Waals surface area contributed by atoms with E-state index in [-0.39, 0.29) is 18.1 Å². The second-order valence-electron chi connectivity index (χ2n) is 9.63. The highest BCUT2D eigenvalue weighted by Gasteiger charge is 2.28. The normalized spacial score (nSPS) is 17.6. The molecule has 4 aromatic rings. The van der Waals surface area contributed by atoms with Gasteiger partial charge in [0.25, 0.3) is 0 Å². The Balaban J connectivity index is 1.42. The molecule has 12 nitrogen and oxygen atoms in total. The summed E-state index contributed by atoms with van der Waals surface area (Å²) in [5.41, 5.74) is 3.46. The molecule has 1 aliphatic carbocycles. The topological polar surface area (TPSA) is 151 Å². The smallest absolute Gasteiger partial charge is 0.407 e. The molecule has 0 saturated heterocycles. The van der Waals surface area contributed by atoms with Crippen LogP contribution in [0.4, 0.5) is 10.5 Å². The van der Waals surface area contributed by atoms with E-state index in [4.69, 9.17) is 5.26 Å². The zero-order valence-electron chi connectivity index (χ0n) is 20.9. The van der Waals surface area contributed by atoms with Crippen LogP contribution in [0.25, 0.3) is 28.1 Å². The lowest BCUT2D eigenvalue weighted by Crippen LogP contribution is -2.38. The molecule has 0 atom stereocenters. The zero-order valence-corrected chi connectivity index (χ0v) is 20.9. The third kappa shape index (κ3) is 4.80. The van der Waals surface area contributed by atoms with Gasteiger partial charge in [0.15, 0.2) is 11.5 Å². The van der Waals surface area contributed by atoms with Crippen LogP contribution in [0.5, 0.6) is 0 Å². The van der Waals surface area contributed by atoms with E-state index in [0.29, 0.717) is 22.7 Å². The monoisotopic (exact) mass is 500 g/mol. The first-order valence-electron chi connectivity index (χ1n) is 12.2. The number of fused-ring (bicyclic) bond motifs is 1. The third-order valence-electron chi connectivity index (χ3n) is 6.76. The molecule has 0 aliphatic heterocycles. The maximum atomic E-state index is 11.3. The Bertz CT molecular complexity index is 1480. The van der Waals surface area contributed by atoms with Gasteiger partial charge in [-0.2, -0.15) is 15.0 Å². The third-order valence-corrected chi connectivity index (χ3v) is 6.76. The fourth-order valence-electron chi connectivity index (χ4n) is 4.79. The summed E-state index contributed by atoms with van der Waals surface area (Å²) < 4.78 is 3.53. The van der Waals surface area contributed by atoms with Crippen LogP contribution in [-0.4, -0.2) is 70.0 Å². The van der Waals surface area contributed by atoms with Crippen LogP contribution < -0.4 is 5.32 Å². The number of carbonyl (C=O) groups is 1. The summed E-state index contributed by atoms with van der Waals surface area (Å²) in [6.45, 7) is 4.11. The fourth-order valence-corrected chi connectivity index (χ4v) is 4.79. The van der Waals surface area contributed by atoms with E-state index in [1.165, 1.54) is 11.1 Å². The highest BCUT2D eigenvalue weighted by Crippen LogP contribution is 2.33. The minimum absolute atomic E-state index is 0.0367. The molecule has 12 heteroatoms. The number of hydrogen-bond acceptors (Lipinski definition) is 8. The van der Waals surface area contributed by atoms with Crippen LogP contribution in [0.15, 0.2) is 36.9 Å². The van der Waals surface area contributed by atoms with Gasteiger partial charge in [-0.15, -0.1) is 5.10 Å². The predicted molar refractivity (Wildman–Crippen MR) is 136 cm³/mol. The quantitative estimate of drug-likeness (QED) is 0.402. The average Bonchev–Trinajstić information content (AvgIpc) is 3.55. The molecule has 0 unspecified atom stereocenters. The number of anilines is 1. The Morgan fingerprint density at radius 2 is 1.97 bits per heavy atom. The number of nitrogens with zero attached hydrogens (tertiary/aromatic N) is 9. The number of nitrogens with one attached hydrogen (secondary N) is 1. The SMILES string of the molecule is CC(C)Nc1cc(-n2ncc3cc(C#N)cnc32)ncc1-c1cn(C2CCC(N(C)C(=O)O)CC2)nn1. The summed E-state index contributed by atoms with van der Waals surface area (Å²) in [5.74, 6) is 0.590. The van der Waals surface area contributed by atoms with E-state index < -0.39 is 6.09 Å². The molecule has 0 aromatic carbocycles. The van der Waals surface area contributed by atoms with Crippen molar-refractivity contribution < 1.29 is 9.90 Å². The van der Waals surface area contributed by atoms with E-state index in [1.54, 1.807) is 30.2 Å². The van der Waals surface area contributed by atoms with Crippen molar-refractivity contribution in [3.05, 3.63) is 42.5 Å². The van der Waals surface area contributed by atoms with Gasteiger partial charge in [-0.25, -0.2) is 19.4 Å². The van der Waals surface area contributed by atoms with Gasteiger partial charge in [0, 0.05) is 54.2 Å². The van der Waals surface area contributed by atoms with Crippen LogP contribution in [-0.2, 0) is 0 Å². The molecule has 37 heavy (non-hydrogen) atoms. The maximum Gasteiger partial charge on any atom is 0.407 e. The summed E-state index contributed by atoms with van der Waals surface area (Å²) in [6.07, 6.45) is 9.25.